The van der Waals surface area contributed by atoms with Gasteiger partial charge in [-0.15, -0.1) is 17.7 Å². The van der Waals surface area contributed by atoms with E-state index in [-0.39, 0.29) is 31.6 Å². The maximum atomic E-state index is 10.0. The number of pyridine rings is 1. The Hall–Kier alpha value is -4.61. The summed E-state index contributed by atoms with van der Waals surface area (Å²) in [4.78, 5) is 15.4. The monoisotopic (exact) mass is 909 g/mol. The Morgan fingerprint density at radius 1 is 0.778 bits per heavy atom. The minimum atomic E-state index is -1.59. The molecule has 0 amide bonds. The van der Waals surface area contributed by atoms with Gasteiger partial charge >= 0.3 is 0 Å². The van der Waals surface area contributed by atoms with Crippen LogP contribution in [0.25, 0.3) is 66.4 Å². The van der Waals surface area contributed by atoms with E-state index in [1.165, 1.54) is 63.9 Å². The molecule has 0 fully saturated rings. The summed E-state index contributed by atoms with van der Waals surface area (Å²) in [5, 5.41) is 13.3. The summed E-state index contributed by atoms with van der Waals surface area (Å²) in [6.07, 6.45) is 1.17. The first-order chi connectivity index (χ1) is 25.1. The van der Waals surface area contributed by atoms with Gasteiger partial charge in [-0.2, -0.15) is 0 Å². The average Bonchev–Trinajstić information content (AvgIpc) is 3.48. The van der Waals surface area contributed by atoms with E-state index in [0.29, 0.717) is 11.8 Å². The number of aryl methyl sites for hydroxylation is 1. The van der Waals surface area contributed by atoms with Crippen LogP contribution in [0.1, 0.15) is 70.1 Å². The molecule has 0 saturated carbocycles. The summed E-state index contributed by atoms with van der Waals surface area (Å²) < 4.78 is 6.54. The van der Waals surface area contributed by atoms with Crippen molar-refractivity contribution >= 4 is 51.9 Å². The fraction of sp³-hybridized carbons (Fsp3) is 0.250. The minimum Gasteiger partial charge on any atom is -0.512 e. The Morgan fingerprint density at radius 2 is 1.41 bits per heavy atom. The first kappa shape index (κ1) is 40.6. The zero-order valence-corrected chi connectivity index (χ0v) is 36.4. The molecule has 0 aliphatic carbocycles. The normalized spacial score (nSPS) is 12.0. The number of para-hydroxylation sites is 1. The van der Waals surface area contributed by atoms with E-state index >= 15 is 0 Å². The number of nitrogens with zero attached hydrogens (tertiary/aromatic N) is 1. The van der Waals surface area contributed by atoms with Crippen molar-refractivity contribution in [1.29, 1.82) is 0 Å². The molecule has 4 nitrogen and oxygen atoms in total. The molecule has 5 aromatic carbocycles. The number of aromatic nitrogens is 1. The maximum Gasteiger partial charge on any atom is 0.155 e. The first-order valence-corrected chi connectivity index (χ1v) is 22.0. The molecule has 279 valence electrons. The topological polar surface area (TPSA) is 63.3 Å². The number of carbonyl (C=O) groups is 1. The number of aliphatic hydroxyl groups excluding tert-OH is 1. The quantitative estimate of drug-likeness (QED) is 0.0749. The van der Waals surface area contributed by atoms with Crippen molar-refractivity contribution < 1.29 is 34.4 Å². The molecule has 0 aliphatic heterocycles. The van der Waals surface area contributed by atoms with Crippen LogP contribution in [0.2, 0.25) is 19.6 Å². The van der Waals surface area contributed by atoms with Crippen LogP contribution in [-0.4, -0.2) is 23.9 Å². The van der Waals surface area contributed by atoms with Gasteiger partial charge in [0.2, 0.25) is 0 Å². The average molecular weight is 909 g/mol. The number of aliphatic hydroxyl groups is 1. The standard InChI is InChI=1S/C43H42NOSi.C5H8O2.Ir/c1-26(2)33-22-30(29-14-10-9-11-15-29)23-34(27(3)4)42(33)36-25-40(44-39-19-18-31(24-35(36)39)46(6,7)8)38-21-28(5)20-37-32-16-12-13-17-41(32)45-43(37)38;1-4(6)3-5(2)7;/h9-20,22-27H,1-8H3;3,6H,1-2H3;/q-1;;/b;4-3-;. The zero-order chi connectivity index (χ0) is 38.2. The summed E-state index contributed by atoms with van der Waals surface area (Å²) in [6, 6.07) is 39.1. The molecule has 2 aromatic heterocycles. The zero-order valence-electron chi connectivity index (χ0n) is 33.0. The van der Waals surface area contributed by atoms with Crippen LogP contribution >= 0.6 is 0 Å². The van der Waals surface area contributed by atoms with Gasteiger partial charge in [0.15, 0.2) is 5.78 Å². The molecule has 0 unspecified atom stereocenters. The van der Waals surface area contributed by atoms with Crippen LogP contribution in [0, 0.1) is 13.0 Å². The Kier molecular flexibility index (Phi) is 12.3. The summed E-state index contributed by atoms with van der Waals surface area (Å²) in [5.41, 5.74) is 13.5. The summed E-state index contributed by atoms with van der Waals surface area (Å²) in [7, 11) is -1.59. The second kappa shape index (κ2) is 16.4. The van der Waals surface area contributed by atoms with E-state index in [9.17, 15) is 4.79 Å². The molecule has 54 heavy (non-hydrogen) atoms. The maximum absolute atomic E-state index is 10.0. The molecule has 6 heteroatoms. The van der Waals surface area contributed by atoms with Crippen molar-refractivity contribution in [3.8, 4) is 33.5 Å². The summed E-state index contributed by atoms with van der Waals surface area (Å²) >= 11 is 0. The fourth-order valence-electron chi connectivity index (χ4n) is 7.11. The number of rotatable bonds is 7. The van der Waals surface area contributed by atoms with E-state index in [1.807, 2.05) is 12.1 Å². The molecular formula is C48H50IrNO3Si-. The third kappa shape index (κ3) is 8.52. The molecule has 0 saturated heterocycles. The van der Waals surface area contributed by atoms with Gasteiger partial charge in [-0.05, 0) is 76.9 Å². The Bertz CT molecular complexity index is 2470. The van der Waals surface area contributed by atoms with Gasteiger partial charge < -0.3 is 9.52 Å². The number of hydrogen-bond acceptors (Lipinski definition) is 4. The number of allylic oxidation sites excluding steroid dienone is 2. The number of fused-ring (bicyclic) bond motifs is 4. The van der Waals surface area contributed by atoms with Gasteiger partial charge in [0, 0.05) is 37.0 Å². The number of ketones is 1. The summed E-state index contributed by atoms with van der Waals surface area (Å²) in [6.45, 7) is 21.5. The summed E-state index contributed by atoms with van der Waals surface area (Å²) in [5.74, 6) is 0.596. The van der Waals surface area contributed by atoms with Crippen molar-refractivity contribution in [2.45, 2.75) is 79.9 Å². The van der Waals surface area contributed by atoms with Crippen LogP contribution in [0.5, 0.6) is 0 Å². The molecule has 1 N–H and O–H groups in total. The van der Waals surface area contributed by atoms with E-state index in [0.717, 1.165) is 44.3 Å². The molecule has 0 bridgehead atoms. The molecule has 1 radical (unpaired) electrons. The van der Waals surface area contributed by atoms with E-state index < -0.39 is 8.07 Å². The van der Waals surface area contributed by atoms with Crippen LogP contribution in [-0.2, 0) is 24.9 Å². The molecular weight excluding hydrogens is 859 g/mol. The van der Waals surface area contributed by atoms with Gasteiger partial charge in [-0.1, -0.05) is 149 Å². The third-order valence-electron chi connectivity index (χ3n) is 9.71. The van der Waals surface area contributed by atoms with Crippen LogP contribution in [0.15, 0.2) is 113 Å². The van der Waals surface area contributed by atoms with Crippen LogP contribution in [0.3, 0.4) is 0 Å². The predicted octanol–water partition coefficient (Wildman–Crippen LogP) is 13.1. The molecule has 0 aliphatic rings. The van der Waals surface area contributed by atoms with Gasteiger partial charge in [0.1, 0.15) is 5.58 Å². The van der Waals surface area contributed by atoms with Gasteiger partial charge in [-0.3, -0.25) is 9.78 Å². The van der Waals surface area contributed by atoms with Crippen molar-refractivity contribution in [2.24, 2.45) is 0 Å². The van der Waals surface area contributed by atoms with E-state index in [4.69, 9.17) is 14.5 Å². The molecule has 7 rings (SSSR count). The van der Waals surface area contributed by atoms with Crippen molar-refractivity contribution in [3.05, 3.63) is 132 Å². The van der Waals surface area contributed by atoms with Crippen LogP contribution in [0.4, 0.5) is 0 Å². The van der Waals surface area contributed by atoms with E-state index in [1.54, 1.807) is 0 Å². The second-order valence-corrected chi connectivity index (χ2v) is 20.9. The van der Waals surface area contributed by atoms with Crippen molar-refractivity contribution in [1.82, 2.24) is 4.98 Å². The molecule has 0 atom stereocenters. The number of benzene rings is 5. The van der Waals surface area contributed by atoms with Crippen molar-refractivity contribution in [3.63, 3.8) is 0 Å². The van der Waals surface area contributed by atoms with E-state index in [2.05, 4.69) is 145 Å². The number of carbonyl (C=O) groups excluding carboxylic acids is 1. The SMILES string of the molecule is CC(=O)/C=C(/C)O.Cc1[c-]c(-c2cc(-c3c(C(C)C)cc(-c4ccccc4)cc3C(C)C)c3cc([Si](C)(C)C)ccc3n2)c2oc3ccccc3c2c1.[Ir]. The predicted molar refractivity (Wildman–Crippen MR) is 227 cm³/mol. The van der Waals surface area contributed by atoms with Gasteiger partial charge in [-0.25, -0.2) is 0 Å². The van der Waals surface area contributed by atoms with Gasteiger partial charge in [0.25, 0.3) is 0 Å². The van der Waals surface area contributed by atoms with Gasteiger partial charge in [0.05, 0.1) is 24.9 Å². The molecule has 0 spiro atoms. The molecule has 2 heterocycles. The second-order valence-electron chi connectivity index (χ2n) is 15.8. The van der Waals surface area contributed by atoms with Crippen LogP contribution < -0.4 is 5.19 Å². The molecule has 7 aromatic rings. The number of hydrogen-bond donors (Lipinski definition) is 1. The Balaban J connectivity index is 0.000000641. The smallest absolute Gasteiger partial charge is 0.155 e. The Morgan fingerprint density at radius 3 is 1.98 bits per heavy atom. The Labute approximate surface area is 334 Å². The third-order valence-corrected chi connectivity index (χ3v) is 11.7. The minimum absolute atomic E-state index is 0. The van der Waals surface area contributed by atoms with Crippen molar-refractivity contribution in [2.75, 3.05) is 0 Å². The largest absolute Gasteiger partial charge is 0.512 e. The number of furan rings is 1. The first-order valence-electron chi connectivity index (χ1n) is 18.5. The fourth-order valence-corrected chi connectivity index (χ4v) is 8.27.